The Morgan fingerprint density at radius 1 is 1.53 bits per heavy atom. The molecule has 1 aliphatic carbocycles. The normalized spacial score (nSPS) is 19.3. The molecule has 17 heavy (non-hydrogen) atoms. The molecule has 1 heterocycles. The quantitative estimate of drug-likeness (QED) is 0.323. The van der Waals surface area contributed by atoms with E-state index in [1.165, 1.54) is 12.8 Å². The molecule has 0 amide bonds. The Labute approximate surface area is 101 Å². The maximum Gasteiger partial charge on any atom is 0.206 e. The number of nitrogens with zero attached hydrogens (tertiary/aromatic N) is 1. The van der Waals surface area contributed by atoms with Gasteiger partial charge in [-0.2, -0.15) is 0 Å². The van der Waals surface area contributed by atoms with Crippen LogP contribution in [0.4, 0.5) is 0 Å². The fourth-order valence-corrected chi connectivity index (χ4v) is 2.15. The van der Waals surface area contributed by atoms with Crippen molar-refractivity contribution in [1.82, 2.24) is 10.7 Å². The molecular weight excluding hydrogens is 216 g/mol. The molecule has 5 heteroatoms. The number of rotatable bonds is 3. The summed E-state index contributed by atoms with van der Waals surface area (Å²) in [5.41, 5.74) is 2.62. The molecule has 0 aromatic carbocycles. The van der Waals surface area contributed by atoms with Crippen molar-refractivity contribution >= 4 is 5.96 Å². The second-order valence-electron chi connectivity index (χ2n) is 4.44. The zero-order valence-electron chi connectivity index (χ0n) is 10.1. The zero-order valence-corrected chi connectivity index (χ0v) is 10.1. The summed E-state index contributed by atoms with van der Waals surface area (Å²) < 4.78 is 5.32. The molecule has 1 fully saturated rings. The fourth-order valence-electron chi connectivity index (χ4n) is 2.15. The number of furan rings is 1. The van der Waals surface area contributed by atoms with E-state index in [1.807, 2.05) is 19.1 Å². The number of nitrogens with two attached hydrogens (primary N) is 1. The van der Waals surface area contributed by atoms with Crippen LogP contribution in [0, 0.1) is 0 Å². The molecule has 5 nitrogen and oxygen atoms in total. The molecule has 1 saturated carbocycles. The van der Waals surface area contributed by atoms with E-state index in [-0.39, 0.29) is 6.04 Å². The van der Waals surface area contributed by atoms with Gasteiger partial charge in [-0.3, -0.25) is 5.43 Å². The molecule has 1 aromatic rings. The van der Waals surface area contributed by atoms with Gasteiger partial charge in [0.05, 0.1) is 18.3 Å². The van der Waals surface area contributed by atoms with Crippen LogP contribution in [0.15, 0.2) is 27.8 Å². The lowest BCUT2D eigenvalue weighted by molar-refractivity contribution is 0.459. The van der Waals surface area contributed by atoms with Gasteiger partial charge in [0.15, 0.2) is 0 Å². The van der Waals surface area contributed by atoms with Crippen molar-refractivity contribution in [3.05, 3.63) is 24.2 Å². The maximum atomic E-state index is 5.48. The highest BCUT2D eigenvalue weighted by Gasteiger charge is 2.16. The van der Waals surface area contributed by atoms with Crippen molar-refractivity contribution in [2.24, 2.45) is 10.8 Å². The predicted molar refractivity (Wildman–Crippen MR) is 67.3 cm³/mol. The number of aliphatic imine (C=N–C) groups is 1. The van der Waals surface area contributed by atoms with Crippen LogP contribution < -0.4 is 16.6 Å². The first kappa shape index (κ1) is 12.0. The van der Waals surface area contributed by atoms with Gasteiger partial charge in [-0.05, 0) is 31.9 Å². The van der Waals surface area contributed by atoms with Crippen molar-refractivity contribution < 1.29 is 4.42 Å². The topological polar surface area (TPSA) is 75.6 Å². The summed E-state index contributed by atoms with van der Waals surface area (Å²) in [4.78, 5) is 4.57. The molecule has 0 aliphatic heterocycles. The van der Waals surface area contributed by atoms with E-state index in [4.69, 9.17) is 10.3 Å². The Bertz CT molecular complexity index is 355. The summed E-state index contributed by atoms with van der Waals surface area (Å²) in [6.07, 6.45) is 6.50. The van der Waals surface area contributed by atoms with Crippen molar-refractivity contribution in [3.63, 3.8) is 0 Å². The van der Waals surface area contributed by atoms with Gasteiger partial charge in [-0.1, -0.05) is 12.8 Å². The standard InChI is InChI=1S/C12H20N4O/c1-9(11-7-4-8-17-11)14-12(16-13)15-10-5-2-3-6-10/h4,7-10H,2-3,5-6,13H2,1H3,(H2,14,15,16). The molecule has 0 bridgehead atoms. The number of nitrogens with one attached hydrogen (secondary N) is 2. The summed E-state index contributed by atoms with van der Waals surface area (Å²) in [5.74, 6) is 6.99. The van der Waals surface area contributed by atoms with Gasteiger partial charge in [0, 0.05) is 0 Å². The highest BCUT2D eigenvalue weighted by atomic mass is 16.3. The highest BCUT2D eigenvalue weighted by Crippen LogP contribution is 2.21. The van der Waals surface area contributed by atoms with E-state index in [9.17, 15) is 0 Å². The molecule has 2 rings (SSSR count). The Kier molecular flexibility index (Phi) is 4.03. The third-order valence-corrected chi connectivity index (χ3v) is 3.10. The van der Waals surface area contributed by atoms with Crippen LogP contribution in [0.25, 0.3) is 0 Å². The van der Waals surface area contributed by atoms with Crippen LogP contribution in [0.1, 0.15) is 44.4 Å². The SMILES string of the molecule is CC(NC(=NC1CCCC1)NN)c1ccco1. The molecular formula is C12H20N4O. The number of guanidine groups is 1. The van der Waals surface area contributed by atoms with Gasteiger partial charge in [0.2, 0.25) is 5.96 Å². The Morgan fingerprint density at radius 2 is 2.29 bits per heavy atom. The van der Waals surface area contributed by atoms with Gasteiger partial charge in [-0.15, -0.1) is 0 Å². The van der Waals surface area contributed by atoms with E-state index in [1.54, 1.807) is 6.26 Å². The average molecular weight is 236 g/mol. The predicted octanol–water partition coefficient (Wildman–Crippen LogP) is 1.69. The van der Waals surface area contributed by atoms with Crippen LogP contribution in [-0.4, -0.2) is 12.0 Å². The lowest BCUT2D eigenvalue weighted by Gasteiger charge is -2.16. The van der Waals surface area contributed by atoms with E-state index in [0.717, 1.165) is 18.6 Å². The first-order valence-corrected chi connectivity index (χ1v) is 6.14. The second-order valence-corrected chi connectivity index (χ2v) is 4.44. The lowest BCUT2D eigenvalue weighted by Crippen LogP contribution is -2.43. The second kappa shape index (κ2) is 5.72. The first-order valence-electron chi connectivity index (χ1n) is 6.14. The number of hydrazine groups is 1. The molecule has 1 unspecified atom stereocenters. The van der Waals surface area contributed by atoms with Gasteiger partial charge < -0.3 is 9.73 Å². The van der Waals surface area contributed by atoms with E-state index in [0.29, 0.717) is 12.0 Å². The van der Waals surface area contributed by atoms with Gasteiger partial charge in [0.25, 0.3) is 0 Å². The number of hydrogen-bond donors (Lipinski definition) is 3. The summed E-state index contributed by atoms with van der Waals surface area (Å²) >= 11 is 0. The third kappa shape index (κ3) is 3.23. The van der Waals surface area contributed by atoms with Crippen molar-refractivity contribution in [1.29, 1.82) is 0 Å². The van der Waals surface area contributed by atoms with E-state index in [2.05, 4.69) is 15.7 Å². The van der Waals surface area contributed by atoms with Crippen LogP contribution in [0.3, 0.4) is 0 Å². The molecule has 1 aliphatic rings. The van der Waals surface area contributed by atoms with Crippen LogP contribution in [-0.2, 0) is 0 Å². The van der Waals surface area contributed by atoms with Crippen LogP contribution in [0.2, 0.25) is 0 Å². The smallest absolute Gasteiger partial charge is 0.206 e. The summed E-state index contributed by atoms with van der Waals surface area (Å²) in [6.45, 7) is 2.01. The molecule has 0 spiro atoms. The van der Waals surface area contributed by atoms with Crippen molar-refractivity contribution in [3.8, 4) is 0 Å². The summed E-state index contributed by atoms with van der Waals surface area (Å²) in [7, 11) is 0. The minimum atomic E-state index is 0.0567. The first-order chi connectivity index (χ1) is 8.29. The van der Waals surface area contributed by atoms with E-state index < -0.39 is 0 Å². The molecule has 1 atom stereocenters. The maximum absolute atomic E-state index is 5.48. The van der Waals surface area contributed by atoms with Crippen LogP contribution >= 0.6 is 0 Å². The fraction of sp³-hybridized carbons (Fsp3) is 0.583. The molecule has 0 saturated heterocycles. The van der Waals surface area contributed by atoms with Crippen LogP contribution in [0.5, 0.6) is 0 Å². The number of hydrogen-bond acceptors (Lipinski definition) is 3. The van der Waals surface area contributed by atoms with Gasteiger partial charge in [-0.25, -0.2) is 10.8 Å². The summed E-state index contributed by atoms with van der Waals surface area (Å²) in [6, 6.07) is 4.26. The van der Waals surface area contributed by atoms with Gasteiger partial charge >= 0.3 is 0 Å². The average Bonchev–Trinajstić information content (AvgIpc) is 3.00. The zero-order chi connectivity index (χ0) is 12.1. The van der Waals surface area contributed by atoms with Crippen molar-refractivity contribution in [2.45, 2.75) is 44.7 Å². The molecule has 1 aromatic heterocycles. The Morgan fingerprint density at radius 3 is 2.88 bits per heavy atom. The minimum absolute atomic E-state index is 0.0567. The van der Waals surface area contributed by atoms with Gasteiger partial charge in [0.1, 0.15) is 5.76 Å². The largest absolute Gasteiger partial charge is 0.467 e. The Hall–Kier alpha value is -1.49. The third-order valence-electron chi connectivity index (χ3n) is 3.10. The lowest BCUT2D eigenvalue weighted by atomic mass is 10.2. The summed E-state index contributed by atoms with van der Waals surface area (Å²) in [5, 5.41) is 3.22. The Balaban J connectivity index is 1.94. The molecule has 0 radical (unpaired) electrons. The van der Waals surface area contributed by atoms with E-state index >= 15 is 0 Å². The van der Waals surface area contributed by atoms with Crippen molar-refractivity contribution in [2.75, 3.05) is 0 Å². The monoisotopic (exact) mass is 236 g/mol. The highest BCUT2D eigenvalue weighted by molar-refractivity contribution is 5.79. The molecule has 4 N–H and O–H groups in total. The molecule has 94 valence electrons. The minimum Gasteiger partial charge on any atom is -0.467 e.